The molecule has 29 heavy (non-hydrogen) atoms. The summed E-state index contributed by atoms with van der Waals surface area (Å²) in [6.45, 7) is 0. The Morgan fingerprint density at radius 3 is 1.97 bits per heavy atom. The van der Waals surface area contributed by atoms with Crippen molar-refractivity contribution in [3.8, 4) is 11.5 Å². The van der Waals surface area contributed by atoms with E-state index >= 15 is 0 Å². The molecule has 1 saturated heterocycles. The van der Waals surface area contributed by atoms with Gasteiger partial charge in [-0.3, -0.25) is 14.5 Å². The van der Waals surface area contributed by atoms with Crippen LogP contribution in [0.15, 0.2) is 60.7 Å². The van der Waals surface area contributed by atoms with E-state index in [0.717, 1.165) is 6.42 Å². The molecule has 0 radical (unpaired) electrons. The zero-order chi connectivity index (χ0) is 20.1. The van der Waals surface area contributed by atoms with Gasteiger partial charge in [0.1, 0.15) is 11.5 Å². The summed E-state index contributed by atoms with van der Waals surface area (Å²) >= 11 is 0. The number of carbonyl (C=O) groups is 3. The van der Waals surface area contributed by atoms with Crippen LogP contribution >= 0.6 is 0 Å². The van der Waals surface area contributed by atoms with Crippen LogP contribution < -0.4 is 14.4 Å². The summed E-state index contributed by atoms with van der Waals surface area (Å²) in [5.41, 5.74) is 0.834. The van der Waals surface area contributed by atoms with Crippen LogP contribution in [0.5, 0.6) is 11.5 Å². The Morgan fingerprint density at radius 2 is 1.41 bits per heavy atom. The first-order chi connectivity index (χ1) is 14.1. The number of benzene rings is 2. The maximum Gasteiger partial charge on any atom is 0.343 e. The number of nitrogens with zero attached hydrogens (tertiary/aromatic N) is 1. The number of allylic oxidation sites excluding steroid dienone is 2. The molecule has 2 aromatic carbocycles. The fraction of sp³-hybridized carbons (Fsp3) is 0.261. The number of imide groups is 1. The van der Waals surface area contributed by atoms with Gasteiger partial charge in [-0.15, -0.1) is 0 Å². The van der Waals surface area contributed by atoms with Gasteiger partial charge in [-0.2, -0.15) is 0 Å². The van der Waals surface area contributed by atoms with E-state index in [9.17, 15) is 14.4 Å². The number of amides is 2. The molecule has 1 aliphatic heterocycles. The summed E-state index contributed by atoms with van der Waals surface area (Å²) in [6, 6.07) is 13.1. The molecule has 0 N–H and O–H groups in total. The van der Waals surface area contributed by atoms with Gasteiger partial charge in [0.2, 0.25) is 11.8 Å². The molecule has 6 heteroatoms. The molecule has 3 aliphatic rings. The number of ether oxygens (including phenoxy) is 2. The van der Waals surface area contributed by atoms with Gasteiger partial charge < -0.3 is 9.47 Å². The molecule has 4 atom stereocenters. The highest BCUT2D eigenvalue weighted by atomic mass is 16.5. The fourth-order valence-electron chi connectivity index (χ4n) is 4.71. The third-order valence-electron chi connectivity index (χ3n) is 6.10. The molecular formula is C23H19NO5. The monoisotopic (exact) mass is 389 g/mol. The number of esters is 1. The van der Waals surface area contributed by atoms with Gasteiger partial charge in [-0.25, -0.2) is 4.79 Å². The highest BCUT2D eigenvalue weighted by Gasteiger charge is 2.59. The Labute approximate surface area is 167 Å². The standard InChI is InChI=1S/C23H19NO5/c1-28-17-8-10-18(11-9-17)29-23(27)13-4-6-16(7-5-13)24-21(25)19-14-2-3-15(12-14)20(19)22(24)26/h2-11,14-15,19-20H,12H2,1H3/t14-,15-,19+,20+/m0/s1. The Kier molecular flexibility index (Phi) is 4.01. The highest BCUT2D eigenvalue weighted by molar-refractivity contribution is 6.22. The molecule has 6 nitrogen and oxygen atoms in total. The number of hydrogen-bond donors (Lipinski definition) is 0. The number of hydrogen-bond acceptors (Lipinski definition) is 5. The second-order valence-electron chi connectivity index (χ2n) is 7.62. The number of methoxy groups -OCH3 is 1. The Balaban J connectivity index is 1.32. The first-order valence-corrected chi connectivity index (χ1v) is 9.59. The summed E-state index contributed by atoms with van der Waals surface area (Å²) in [5, 5.41) is 0. The maximum absolute atomic E-state index is 12.9. The van der Waals surface area contributed by atoms with Crippen molar-refractivity contribution in [1.82, 2.24) is 0 Å². The smallest absolute Gasteiger partial charge is 0.343 e. The van der Waals surface area contributed by atoms with Crippen LogP contribution in [-0.4, -0.2) is 24.9 Å². The minimum atomic E-state index is -0.514. The lowest BCUT2D eigenvalue weighted by Gasteiger charge is -2.17. The quantitative estimate of drug-likeness (QED) is 0.347. The van der Waals surface area contributed by atoms with E-state index in [1.165, 1.54) is 4.90 Å². The van der Waals surface area contributed by atoms with Crippen molar-refractivity contribution in [2.24, 2.45) is 23.7 Å². The van der Waals surface area contributed by atoms with Gasteiger partial charge in [0.15, 0.2) is 0 Å². The first-order valence-electron chi connectivity index (χ1n) is 9.59. The van der Waals surface area contributed by atoms with Crippen LogP contribution in [0.25, 0.3) is 0 Å². The van der Waals surface area contributed by atoms with E-state index in [1.54, 1.807) is 55.6 Å². The Morgan fingerprint density at radius 1 is 0.862 bits per heavy atom. The van der Waals surface area contributed by atoms with E-state index in [2.05, 4.69) is 12.2 Å². The average molecular weight is 389 g/mol. The highest BCUT2D eigenvalue weighted by Crippen LogP contribution is 2.53. The second-order valence-corrected chi connectivity index (χ2v) is 7.62. The van der Waals surface area contributed by atoms with E-state index in [4.69, 9.17) is 9.47 Å². The van der Waals surface area contributed by atoms with Gasteiger partial charge in [-0.1, -0.05) is 12.2 Å². The van der Waals surface area contributed by atoms with Crippen LogP contribution in [0, 0.1) is 23.7 Å². The summed E-state index contributed by atoms with van der Waals surface area (Å²) in [7, 11) is 1.56. The van der Waals surface area contributed by atoms with Crippen molar-refractivity contribution in [1.29, 1.82) is 0 Å². The largest absolute Gasteiger partial charge is 0.497 e. The molecule has 1 saturated carbocycles. The Bertz CT molecular complexity index is 994. The molecule has 2 fully saturated rings. The second kappa shape index (κ2) is 6.58. The summed E-state index contributed by atoms with van der Waals surface area (Å²) in [5.74, 6) is 0.156. The molecule has 5 rings (SSSR count). The summed E-state index contributed by atoms with van der Waals surface area (Å²) < 4.78 is 10.4. The lowest BCUT2D eigenvalue weighted by Crippen LogP contribution is -2.32. The van der Waals surface area contributed by atoms with Crippen molar-refractivity contribution in [2.75, 3.05) is 12.0 Å². The van der Waals surface area contributed by atoms with Gasteiger partial charge in [-0.05, 0) is 66.8 Å². The molecule has 2 bridgehead atoms. The molecule has 2 aliphatic carbocycles. The molecule has 2 amide bonds. The third-order valence-corrected chi connectivity index (χ3v) is 6.10. The van der Waals surface area contributed by atoms with Crippen molar-refractivity contribution < 1.29 is 23.9 Å². The van der Waals surface area contributed by atoms with Gasteiger partial charge in [0.05, 0.1) is 30.2 Å². The normalized spacial score (nSPS) is 26.7. The van der Waals surface area contributed by atoms with E-state index in [1.807, 2.05) is 0 Å². The number of fused-ring (bicyclic) bond motifs is 5. The zero-order valence-corrected chi connectivity index (χ0v) is 15.8. The molecule has 0 aromatic heterocycles. The number of rotatable bonds is 4. The first kappa shape index (κ1) is 17.7. The van der Waals surface area contributed by atoms with Crippen molar-refractivity contribution >= 4 is 23.5 Å². The van der Waals surface area contributed by atoms with Gasteiger partial charge in [0, 0.05) is 0 Å². The lowest BCUT2D eigenvalue weighted by atomic mass is 9.85. The van der Waals surface area contributed by atoms with E-state index in [-0.39, 0.29) is 35.5 Å². The molecule has 0 spiro atoms. The van der Waals surface area contributed by atoms with Crippen molar-refractivity contribution in [3.05, 3.63) is 66.2 Å². The fourth-order valence-corrected chi connectivity index (χ4v) is 4.71. The molecule has 1 heterocycles. The van der Waals surface area contributed by atoms with Crippen LogP contribution in [0.2, 0.25) is 0 Å². The summed E-state index contributed by atoms with van der Waals surface area (Å²) in [6.07, 6.45) is 5.04. The maximum atomic E-state index is 12.9. The van der Waals surface area contributed by atoms with E-state index in [0.29, 0.717) is 22.7 Å². The molecular weight excluding hydrogens is 370 g/mol. The van der Waals surface area contributed by atoms with Crippen molar-refractivity contribution in [3.63, 3.8) is 0 Å². The van der Waals surface area contributed by atoms with Crippen LogP contribution in [0.3, 0.4) is 0 Å². The number of carbonyl (C=O) groups excluding carboxylic acids is 3. The third kappa shape index (κ3) is 2.75. The molecule has 146 valence electrons. The van der Waals surface area contributed by atoms with E-state index < -0.39 is 5.97 Å². The average Bonchev–Trinajstić information content (AvgIpc) is 3.42. The lowest BCUT2D eigenvalue weighted by molar-refractivity contribution is -0.123. The van der Waals surface area contributed by atoms with Crippen LogP contribution in [0.1, 0.15) is 16.8 Å². The number of anilines is 1. The van der Waals surface area contributed by atoms with Gasteiger partial charge >= 0.3 is 5.97 Å². The summed E-state index contributed by atoms with van der Waals surface area (Å²) in [4.78, 5) is 39.4. The van der Waals surface area contributed by atoms with Crippen molar-refractivity contribution in [2.45, 2.75) is 6.42 Å². The van der Waals surface area contributed by atoms with Crippen LogP contribution in [0.4, 0.5) is 5.69 Å². The molecule has 0 unspecified atom stereocenters. The minimum absolute atomic E-state index is 0.134. The zero-order valence-electron chi connectivity index (χ0n) is 15.8. The minimum Gasteiger partial charge on any atom is -0.497 e. The van der Waals surface area contributed by atoms with Crippen LogP contribution in [-0.2, 0) is 9.59 Å². The predicted molar refractivity (Wildman–Crippen MR) is 105 cm³/mol. The topological polar surface area (TPSA) is 72.9 Å². The van der Waals surface area contributed by atoms with Gasteiger partial charge in [0.25, 0.3) is 0 Å². The SMILES string of the molecule is COc1ccc(OC(=O)c2ccc(N3C(=O)[C@H]4[C@H](C3=O)[C@H]3C=C[C@H]4C3)cc2)cc1. The Hall–Kier alpha value is -3.41. The molecule has 2 aromatic rings. The predicted octanol–water partition coefficient (Wildman–Crippen LogP) is 3.23.